The summed E-state index contributed by atoms with van der Waals surface area (Å²) in [6, 6.07) is 15.9. The summed E-state index contributed by atoms with van der Waals surface area (Å²) in [6.07, 6.45) is 3.08. The van der Waals surface area contributed by atoms with Gasteiger partial charge < -0.3 is 14.8 Å². The lowest BCUT2D eigenvalue weighted by Crippen LogP contribution is -2.22. The number of ether oxygens (including phenoxy) is 2. The van der Waals surface area contributed by atoms with Gasteiger partial charge in [-0.1, -0.05) is 30.3 Å². The van der Waals surface area contributed by atoms with Crippen molar-refractivity contribution in [1.82, 2.24) is 5.32 Å². The number of carbonyl (C=O) groups is 1. The second kappa shape index (κ2) is 7.88. The van der Waals surface area contributed by atoms with E-state index in [-0.39, 0.29) is 11.7 Å². The van der Waals surface area contributed by atoms with Crippen molar-refractivity contribution in [2.45, 2.75) is 25.3 Å². The first-order chi connectivity index (χ1) is 12.2. The topological polar surface area (TPSA) is 47.6 Å². The summed E-state index contributed by atoms with van der Waals surface area (Å²) in [5.41, 5.74) is 3.18. The van der Waals surface area contributed by atoms with E-state index in [1.54, 1.807) is 20.3 Å². The van der Waals surface area contributed by atoms with Gasteiger partial charge in [0.2, 0.25) is 0 Å². The molecule has 25 heavy (non-hydrogen) atoms. The molecule has 0 radical (unpaired) electrons. The summed E-state index contributed by atoms with van der Waals surface area (Å²) in [5.74, 6) is 2.00. The van der Waals surface area contributed by atoms with Gasteiger partial charge in [0.15, 0.2) is 5.78 Å². The number of rotatable bonds is 6. The van der Waals surface area contributed by atoms with Crippen LogP contribution >= 0.6 is 0 Å². The monoisotopic (exact) mass is 337 g/mol. The Bertz CT molecular complexity index is 782. The van der Waals surface area contributed by atoms with E-state index in [2.05, 4.69) is 11.4 Å². The third-order valence-electron chi connectivity index (χ3n) is 4.51. The lowest BCUT2D eigenvalue weighted by molar-refractivity contribution is -0.115. The Morgan fingerprint density at radius 2 is 1.88 bits per heavy atom. The molecule has 1 aliphatic carbocycles. The molecule has 2 aromatic rings. The Hall–Kier alpha value is -2.75. The molecular formula is C21H23NO3. The zero-order chi connectivity index (χ0) is 17.6. The SMILES string of the molecule is COc1cccc([C@@H]2CC(=O)C=C(NCc3ccccc3OC)C2)c1. The maximum atomic E-state index is 12.2. The Morgan fingerprint density at radius 1 is 1.04 bits per heavy atom. The third-order valence-corrected chi connectivity index (χ3v) is 4.51. The van der Waals surface area contributed by atoms with Crippen LogP contribution in [0.4, 0.5) is 0 Å². The summed E-state index contributed by atoms with van der Waals surface area (Å²) >= 11 is 0. The predicted octanol–water partition coefficient (Wildman–Crippen LogP) is 3.82. The van der Waals surface area contributed by atoms with E-state index in [1.165, 1.54) is 0 Å². The average molecular weight is 337 g/mol. The number of ketones is 1. The first-order valence-corrected chi connectivity index (χ1v) is 8.42. The molecule has 0 amide bonds. The highest BCUT2D eigenvalue weighted by molar-refractivity contribution is 5.92. The van der Waals surface area contributed by atoms with Crippen LogP contribution in [-0.4, -0.2) is 20.0 Å². The quantitative estimate of drug-likeness (QED) is 0.870. The number of hydrogen-bond donors (Lipinski definition) is 1. The van der Waals surface area contributed by atoms with Crippen LogP contribution in [0.1, 0.15) is 29.9 Å². The Balaban J connectivity index is 1.71. The zero-order valence-electron chi connectivity index (χ0n) is 14.6. The fourth-order valence-electron chi connectivity index (χ4n) is 3.20. The maximum absolute atomic E-state index is 12.2. The molecule has 1 N–H and O–H groups in total. The van der Waals surface area contributed by atoms with Crippen LogP contribution < -0.4 is 14.8 Å². The van der Waals surface area contributed by atoms with Gasteiger partial charge in [-0.05, 0) is 36.1 Å². The molecule has 3 rings (SSSR count). The minimum Gasteiger partial charge on any atom is -0.497 e. The van der Waals surface area contributed by atoms with Crippen LogP contribution in [-0.2, 0) is 11.3 Å². The molecule has 0 unspecified atom stereocenters. The van der Waals surface area contributed by atoms with Crippen LogP contribution in [0.2, 0.25) is 0 Å². The molecule has 0 fully saturated rings. The van der Waals surface area contributed by atoms with Gasteiger partial charge in [0.25, 0.3) is 0 Å². The molecule has 0 spiro atoms. The first kappa shape index (κ1) is 17.1. The second-order valence-corrected chi connectivity index (χ2v) is 6.18. The number of allylic oxidation sites excluding steroid dienone is 2. The molecule has 130 valence electrons. The van der Waals surface area contributed by atoms with Gasteiger partial charge in [-0.25, -0.2) is 0 Å². The van der Waals surface area contributed by atoms with Crippen molar-refractivity contribution in [3.63, 3.8) is 0 Å². The van der Waals surface area contributed by atoms with E-state index in [0.717, 1.165) is 34.7 Å². The van der Waals surface area contributed by atoms with Crippen molar-refractivity contribution >= 4 is 5.78 Å². The van der Waals surface area contributed by atoms with Gasteiger partial charge in [-0.3, -0.25) is 4.79 Å². The molecule has 2 aromatic carbocycles. The van der Waals surface area contributed by atoms with Crippen molar-refractivity contribution < 1.29 is 14.3 Å². The number of benzene rings is 2. The zero-order valence-corrected chi connectivity index (χ0v) is 14.6. The van der Waals surface area contributed by atoms with E-state index in [4.69, 9.17) is 9.47 Å². The molecule has 0 aliphatic heterocycles. The maximum Gasteiger partial charge on any atom is 0.158 e. The van der Waals surface area contributed by atoms with Crippen LogP contribution in [0.25, 0.3) is 0 Å². The van der Waals surface area contributed by atoms with E-state index in [9.17, 15) is 4.79 Å². The molecule has 0 heterocycles. The normalized spacial score (nSPS) is 17.0. The van der Waals surface area contributed by atoms with Crippen molar-refractivity contribution in [1.29, 1.82) is 0 Å². The first-order valence-electron chi connectivity index (χ1n) is 8.42. The minimum atomic E-state index is 0.154. The summed E-state index contributed by atoms with van der Waals surface area (Å²) in [5, 5.41) is 3.40. The largest absolute Gasteiger partial charge is 0.497 e. The van der Waals surface area contributed by atoms with Crippen molar-refractivity contribution in [2.75, 3.05) is 14.2 Å². The Labute approximate surface area is 148 Å². The molecular weight excluding hydrogens is 314 g/mol. The number of nitrogens with one attached hydrogen (secondary N) is 1. The number of carbonyl (C=O) groups excluding carboxylic acids is 1. The lowest BCUT2D eigenvalue weighted by Gasteiger charge is -2.24. The third kappa shape index (κ3) is 4.21. The number of para-hydroxylation sites is 1. The second-order valence-electron chi connectivity index (χ2n) is 6.18. The summed E-state index contributed by atoms with van der Waals surface area (Å²) in [4.78, 5) is 12.2. The van der Waals surface area contributed by atoms with Gasteiger partial charge in [-0.2, -0.15) is 0 Å². The Kier molecular flexibility index (Phi) is 5.39. The van der Waals surface area contributed by atoms with Crippen LogP contribution in [0, 0.1) is 0 Å². The number of hydrogen-bond acceptors (Lipinski definition) is 4. The summed E-state index contributed by atoms with van der Waals surface area (Å²) in [6.45, 7) is 0.633. The van der Waals surface area contributed by atoms with Crippen molar-refractivity contribution in [3.8, 4) is 11.5 Å². The van der Waals surface area contributed by atoms with Gasteiger partial charge in [0.1, 0.15) is 11.5 Å². The van der Waals surface area contributed by atoms with Crippen molar-refractivity contribution in [2.24, 2.45) is 0 Å². The smallest absolute Gasteiger partial charge is 0.158 e. The van der Waals surface area contributed by atoms with Gasteiger partial charge in [0, 0.05) is 30.3 Å². The van der Waals surface area contributed by atoms with Crippen LogP contribution in [0.5, 0.6) is 11.5 Å². The average Bonchev–Trinajstić information content (AvgIpc) is 2.66. The Morgan fingerprint density at radius 3 is 2.68 bits per heavy atom. The van der Waals surface area contributed by atoms with E-state index in [1.807, 2.05) is 42.5 Å². The van der Waals surface area contributed by atoms with Gasteiger partial charge >= 0.3 is 0 Å². The van der Waals surface area contributed by atoms with E-state index >= 15 is 0 Å². The summed E-state index contributed by atoms with van der Waals surface area (Å²) < 4.78 is 10.7. The molecule has 1 aliphatic rings. The van der Waals surface area contributed by atoms with Crippen molar-refractivity contribution in [3.05, 3.63) is 71.4 Å². The fraction of sp³-hybridized carbons (Fsp3) is 0.286. The minimum absolute atomic E-state index is 0.154. The van der Waals surface area contributed by atoms with Gasteiger partial charge in [0.05, 0.1) is 14.2 Å². The van der Waals surface area contributed by atoms with Gasteiger partial charge in [-0.15, -0.1) is 0 Å². The molecule has 0 aromatic heterocycles. The molecule has 4 heteroatoms. The highest BCUT2D eigenvalue weighted by atomic mass is 16.5. The highest BCUT2D eigenvalue weighted by Gasteiger charge is 2.22. The molecule has 0 saturated heterocycles. The van der Waals surface area contributed by atoms with E-state index < -0.39 is 0 Å². The molecule has 0 bridgehead atoms. The summed E-state index contributed by atoms with van der Waals surface area (Å²) in [7, 11) is 3.33. The van der Waals surface area contributed by atoms with Crippen LogP contribution in [0.15, 0.2) is 60.3 Å². The molecule has 0 saturated carbocycles. The highest BCUT2D eigenvalue weighted by Crippen LogP contribution is 2.32. The standard InChI is InChI=1S/C21H23NO3/c1-24-20-8-5-7-15(12-20)17-10-18(13-19(23)11-17)22-14-16-6-3-4-9-21(16)25-2/h3-9,12-13,17,22H,10-11,14H2,1-2H3/t17-/m0/s1. The molecule has 1 atom stereocenters. The predicted molar refractivity (Wildman–Crippen MR) is 97.9 cm³/mol. The van der Waals surface area contributed by atoms with E-state index in [0.29, 0.717) is 13.0 Å². The number of methoxy groups -OCH3 is 2. The molecule has 4 nitrogen and oxygen atoms in total. The van der Waals surface area contributed by atoms with Crippen LogP contribution in [0.3, 0.4) is 0 Å². The fourth-order valence-corrected chi connectivity index (χ4v) is 3.20. The lowest BCUT2D eigenvalue weighted by atomic mass is 9.85.